The van der Waals surface area contributed by atoms with Gasteiger partial charge in [0.2, 0.25) is 5.88 Å². The van der Waals surface area contributed by atoms with Crippen LogP contribution >= 0.6 is 11.6 Å². The van der Waals surface area contributed by atoms with E-state index in [1.165, 1.54) is 0 Å². The normalized spacial score (nSPS) is 10.2. The third kappa shape index (κ3) is 3.39. The van der Waals surface area contributed by atoms with Crippen molar-refractivity contribution in [1.82, 2.24) is 4.98 Å². The summed E-state index contributed by atoms with van der Waals surface area (Å²) < 4.78 is 18.6. The summed E-state index contributed by atoms with van der Waals surface area (Å²) in [5, 5.41) is 20.9. The third-order valence-electron chi connectivity index (χ3n) is 2.31. The van der Waals surface area contributed by atoms with Crippen molar-refractivity contribution in [3.63, 3.8) is 0 Å². The molecule has 0 aliphatic rings. The Morgan fingerprint density at radius 1 is 1.10 bits per heavy atom. The lowest BCUT2D eigenvalue weighted by Crippen LogP contribution is -1.95. The molecule has 21 heavy (non-hydrogen) atoms. The molecule has 2 aromatic rings. The van der Waals surface area contributed by atoms with E-state index in [-0.39, 0.29) is 22.5 Å². The van der Waals surface area contributed by atoms with Crippen molar-refractivity contribution in [3.05, 3.63) is 61.5 Å². The van der Waals surface area contributed by atoms with E-state index in [4.69, 9.17) is 16.3 Å². The first kappa shape index (κ1) is 14.6. The minimum atomic E-state index is -1.01. The van der Waals surface area contributed by atoms with Gasteiger partial charge >= 0.3 is 0 Å². The fourth-order valence-electron chi connectivity index (χ4n) is 1.42. The summed E-state index contributed by atoms with van der Waals surface area (Å²) in [6.07, 6.45) is 0. The highest BCUT2D eigenvalue weighted by molar-refractivity contribution is 6.29. The van der Waals surface area contributed by atoms with Crippen LogP contribution in [0, 0.1) is 26.0 Å². The molecular weight excluding hydrogens is 309 g/mol. The average Bonchev–Trinajstić information content (AvgIpc) is 2.40. The maximum atomic E-state index is 13.6. The predicted molar refractivity (Wildman–Crippen MR) is 69.0 cm³/mol. The first-order valence-corrected chi connectivity index (χ1v) is 5.68. The lowest BCUT2D eigenvalue weighted by Gasteiger charge is -2.05. The minimum Gasteiger partial charge on any atom is -0.436 e. The van der Waals surface area contributed by atoms with Crippen molar-refractivity contribution in [1.29, 1.82) is 0 Å². The van der Waals surface area contributed by atoms with E-state index in [0.717, 1.165) is 24.3 Å². The van der Waals surface area contributed by atoms with Crippen LogP contribution in [-0.4, -0.2) is 14.8 Å². The first-order valence-electron chi connectivity index (χ1n) is 5.30. The maximum Gasteiger partial charge on any atom is 0.277 e. The number of pyridine rings is 1. The van der Waals surface area contributed by atoms with Gasteiger partial charge in [-0.15, -0.1) is 0 Å². The van der Waals surface area contributed by atoms with Gasteiger partial charge in [-0.3, -0.25) is 20.2 Å². The first-order chi connectivity index (χ1) is 9.86. The molecule has 0 aliphatic heterocycles. The van der Waals surface area contributed by atoms with Gasteiger partial charge in [-0.05, 0) is 6.07 Å². The minimum absolute atomic E-state index is 0.207. The fraction of sp³-hybridized carbons (Fsp3) is 0. The molecule has 108 valence electrons. The fourth-order valence-corrected chi connectivity index (χ4v) is 1.61. The van der Waals surface area contributed by atoms with Gasteiger partial charge in [-0.2, -0.15) is 0 Å². The van der Waals surface area contributed by atoms with Crippen LogP contribution in [-0.2, 0) is 0 Å². The average molecular weight is 314 g/mol. The molecule has 0 N–H and O–H groups in total. The molecule has 1 heterocycles. The van der Waals surface area contributed by atoms with Gasteiger partial charge in [0.25, 0.3) is 11.4 Å². The zero-order valence-electron chi connectivity index (χ0n) is 10.0. The number of benzene rings is 1. The molecule has 8 nitrogen and oxygen atoms in total. The van der Waals surface area contributed by atoms with E-state index < -0.39 is 21.4 Å². The number of ether oxygens (including phenoxy) is 1. The summed E-state index contributed by atoms with van der Waals surface area (Å²) in [4.78, 5) is 23.3. The van der Waals surface area contributed by atoms with E-state index in [1.807, 2.05) is 0 Å². The standard InChI is InChI=1S/C11H5ClFN3O5/c12-10-4-7(16(19)20)5-11(14-10)21-9-2-1-6(15(17)18)3-8(9)13/h1-5H. The highest BCUT2D eigenvalue weighted by Crippen LogP contribution is 2.29. The SMILES string of the molecule is O=[N+]([O-])c1cc(Cl)nc(Oc2ccc([N+](=O)[O-])cc2F)c1. The van der Waals surface area contributed by atoms with Crippen LogP contribution in [0.15, 0.2) is 30.3 Å². The lowest BCUT2D eigenvalue weighted by molar-refractivity contribution is -0.385. The highest BCUT2D eigenvalue weighted by Gasteiger charge is 2.15. The number of rotatable bonds is 4. The van der Waals surface area contributed by atoms with Crippen molar-refractivity contribution >= 4 is 23.0 Å². The Hall–Kier alpha value is -2.81. The van der Waals surface area contributed by atoms with Gasteiger partial charge in [0.05, 0.1) is 28.0 Å². The molecule has 1 aromatic heterocycles. The molecule has 0 saturated carbocycles. The molecule has 0 radical (unpaired) electrons. The van der Waals surface area contributed by atoms with Crippen LogP contribution in [0.5, 0.6) is 11.6 Å². The van der Waals surface area contributed by atoms with Crippen LogP contribution in [0.1, 0.15) is 0 Å². The molecule has 0 aliphatic carbocycles. The summed E-state index contributed by atoms with van der Waals surface area (Å²) in [7, 11) is 0. The second-order valence-electron chi connectivity index (χ2n) is 3.72. The summed E-state index contributed by atoms with van der Waals surface area (Å²) in [5.74, 6) is -1.68. The largest absolute Gasteiger partial charge is 0.436 e. The maximum absolute atomic E-state index is 13.6. The quantitative estimate of drug-likeness (QED) is 0.485. The van der Waals surface area contributed by atoms with E-state index in [2.05, 4.69) is 4.98 Å². The predicted octanol–water partition coefficient (Wildman–Crippen LogP) is 3.48. The smallest absolute Gasteiger partial charge is 0.277 e. The van der Waals surface area contributed by atoms with Gasteiger partial charge in [-0.25, -0.2) is 9.37 Å². The monoisotopic (exact) mass is 313 g/mol. The Labute approximate surface area is 121 Å². The van der Waals surface area contributed by atoms with Crippen LogP contribution in [0.2, 0.25) is 5.15 Å². The lowest BCUT2D eigenvalue weighted by atomic mass is 10.3. The van der Waals surface area contributed by atoms with Crippen molar-refractivity contribution < 1.29 is 19.0 Å². The highest BCUT2D eigenvalue weighted by atomic mass is 35.5. The van der Waals surface area contributed by atoms with Gasteiger partial charge in [0, 0.05) is 6.07 Å². The van der Waals surface area contributed by atoms with E-state index in [0.29, 0.717) is 6.07 Å². The summed E-state index contributed by atoms with van der Waals surface area (Å²) in [6, 6.07) is 4.65. The number of hydrogen-bond donors (Lipinski definition) is 0. The second kappa shape index (κ2) is 5.67. The van der Waals surface area contributed by atoms with Crippen LogP contribution in [0.3, 0.4) is 0 Å². The number of halogens is 2. The van der Waals surface area contributed by atoms with E-state index in [9.17, 15) is 24.6 Å². The van der Waals surface area contributed by atoms with Crippen LogP contribution in [0.4, 0.5) is 15.8 Å². The van der Waals surface area contributed by atoms with Gasteiger partial charge in [-0.1, -0.05) is 11.6 Å². The van der Waals surface area contributed by atoms with Gasteiger partial charge < -0.3 is 4.74 Å². The van der Waals surface area contributed by atoms with Gasteiger partial charge in [0.15, 0.2) is 11.6 Å². The molecule has 2 rings (SSSR count). The molecule has 0 bridgehead atoms. The Balaban J connectivity index is 2.34. The molecule has 0 fully saturated rings. The van der Waals surface area contributed by atoms with Crippen LogP contribution in [0.25, 0.3) is 0 Å². The number of nitrogens with zero attached hydrogens (tertiary/aromatic N) is 3. The second-order valence-corrected chi connectivity index (χ2v) is 4.10. The summed E-state index contributed by atoms with van der Waals surface area (Å²) in [6.45, 7) is 0. The third-order valence-corrected chi connectivity index (χ3v) is 2.50. The summed E-state index contributed by atoms with van der Waals surface area (Å²) >= 11 is 5.59. The number of aromatic nitrogens is 1. The molecule has 0 saturated heterocycles. The Bertz CT molecular complexity index is 740. The van der Waals surface area contributed by atoms with E-state index >= 15 is 0 Å². The van der Waals surface area contributed by atoms with Gasteiger partial charge in [0.1, 0.15) is 5.15 Å². The number of nitro benzene ring substituents is 1. The molecule has 0 atom stereocenters. The number of hydrogen-bond acceptors (Lipinski definition) is 6. The Morgan fingerprint density at radius 3 is 2.33 bits per heavy atom. The Kier molecular flexibility index (Phi) is 3.94. The van der Waals surface area contributed by atoms with Crippen LogP contribution < -0.4 is 4.74 Å². The Morgan fingerprint density at radius 2 is 1.76 bits per heavy atom. The number of nitro groups is 2. The molecule has 1 aromatic carbocycles. The van der Waals surface area contributed by atoms with Crippen molar-refractivity contribution in [2.45, 2.75) is 0 Å². The topological polar surface area (TPSA) is 108 Å². The van der Waals surface area contributed by atoms with Crippen molar-refractivity contribution in [3.8, 4) is 11.6 Å². The zero-order valence-corrected chi connectivity index (χ0v) is 10.8. The molecule has 0 amide bonds. The molecular formula is C11H5ClFN3O5. The molecule has 0 spiro atoms. The molecule has 0 unspecified atom stereocenters. The number of non-ortho nitro benzene ring substituents is 1. The van der Waals surface area contributed by atoms with E-state index in [1.54, 1.807) is 0 Å². The van der Waals surface area contributed by atoms with Crippen molar-refractivity contribution in [2.24, 2.45) is 0 Å². The summed E-state index contributed by atoms with van der Waals surface area (Å²) in [5.41, 5.74) is -0.836. The van der Waals surface area contributed by atoms with Crippen molar-refractivity contribution in [2.75, 3.05) is 0 Å². The molecule has 10 heteroatoms. The zero-order chi connectivity index (χ0) is 15.6.